The van der Waals surface area contributed by atoms with Gasteiger partial charge in [0, 0.05) is 43.1 Å². The van der Waals surface area contributed by atoms with Crippen LogP contribution in [0.2, 0.25) is 5.02 Å². The van der Waals surface area contributed by atoms with Crippen LogP contribution in [-0.2, 0) is 40.2 Å². The highest BCUT2D eigenvalue weighted by Gasteiger charge is 2.23. The van der Waals surface area contributed by atoms with Gasteiger partial charge < -0.3 is 10.2 Å². The van der Waals surface area contributed by atoms with E-state index in [2.05, 4.69) is 20.8 Å². The molecule has 0 fully saturated rings. The van der Waals surface area contributed by atoms with Crippen molar-refractivity contribution in [2.24, 2.45) is 0 Å². The zero-order chi connectivity index (χ0) is 28.8. The largest absolute Gasteiger partial charge is 0.342 e. The van der Waals surface area contributed by atoms with E-state index in [1.54, 1.807) is 31.2 Å². The van der Waals surface area contributed by atoms with Crippen molar-refractivity contribution in [3.8, 4) is 5.69 Å². The number of benzene rings is 3. The average Bonchev–Trinajstić information content (AvgIpc) is 3.51. The van der Waals surface area contributed by atoms with Gasteiger partial charge in [0.15, 0.2) is 5.78 Å². The molecular formula is C31H29ClN6O3. The first-order valence-electron chi connectivity index (χ1n) is 13.3. The predicted octanol–water partition coefficient (Wildman–Crippen LogP) is 3.77. The molecule has 0 saturated carbocycles. The molecule has 208 valence electrons. The second-order valence-electron chi connectivity index (χ2n) is 9.98. The molecule has 0 bridgehead atoms. The Kier molecular flexibility index (Phi) is 8.64. The number of tetrazole rings is 1. The first-order valence-corrected chi connectivity index (χ1v) is 13.7. The van der Waals surface area contributed by atoms with E-state index < -0.39 is 11.9 Å². The van der Waals surface area contributed by atoms with Gasteiger partial charge in [-0.2, -0.15) is 4.68 Å². The third kappa shape index (κ3) is 7.12. The zero-order valence-corrected chi connectivity index (χ0v) is 23.3. The minimum absolute atomic E-state index is 0.0606. The lowest BCUT2D eigenvalue weighted by atomic mass is 9.93. The van der Waals surface area contributed by atoms with Crippen LogP contribution < -0.4 is 5.32 Å². The monoisotopic (exact) mass is 568 g/mol. The fourth-order valence-corrected chi connectivity index (χ4v) is 5.11. The molecule has 1 N–H and O–H groups in total. The van der Waals surface area contributed by atoms with Crippen LogP contribution in [0.4, 0.5) is 0 Å². The van der Waals surface area contributed by atoms with Crippen molar-refractivity contribution in [2.45, 2.75) is 38.8 Å². The number of fused-ring (bicyclic) bond motifs is 1. The smallest absolute Gasteiger partial charge is 0.244 e. The predicted molar refractivity (Wildman–Crippen MR) is 155 cm³/mol. The van der Waals surface area contributed by atoms with Gasteiger partial charge in [-0.15, -0.1) is 5.10 Å². The Morgan fingerprint density at radius 1 is 1.02 bits per heavy atom. The first-order chi connectivity index (χ1) is 19.9. The van der Waals surface area contributed by atoms with Crippen LogP contribution in [0, 0.1) is 0 Å². The standard InChI is InChI=1S/C31H29ClN6O3/c1-21(39)37-14-13-24-15-23(7-8-26(24)19-37)17-30(40)28(16-22-5-3-2-4-6-22)34-31(41)12-9-25-18-27(32)10-11-29(25)38-20-33-35-36-38/h2-12,15,18,20,28H,13-14,16-17,19H2,1H3,(H,34,41)/b12-9+/t28-/m0/s1. The second kappa shape index (κ2) is 12.7. The lowest BCUT2D eigenvalue weighted by molar-refractivity contribution is -0.129. The van der Waals surface area contributed by atoms with Gasteiger partial charge in [-0.25, -0.2) is 0 Å². The van der Waals surface area contributed by atoms with E-state index in [0.717, 1.165) is 28.7 Å². The number of carbonyl (C=O) groups excluding carboxylic acids is 3. The quantitative estimate of drug-likeness (QED) is 0.308. The summed E-state index contributed by atoms with van der Waals surface area (Å²) < 4.78 is 1.48. The molecule has 2 amide bonds. The third-order valence-electron chi connectivity index (χ3n) is 7.09. The Morgan fingerprint density at radius 2 is 1.85 bits per heavy atom. The topological polar surface area (TPSA) is 110 Å². The van der Waals surface area contributed by atoms with Gasteiger partial charge in [0.25, 0.3) is 0 Å². The number of amides is 2. The first kappa shape index (κ1) is 27.9. The number of halogens is 1. The summed E-state index contributed by atoms with van der Waals surface area (Å²) in [6, 6.07) is 20.0. The van der Waals surface area contributed by atoms with E-state index in [4.69, 9.17) is 11.6 Å². The molecule has 0 saturated heterocycles. The number of Topliss-reactive ketones (excluding diaryl/α,β-unsaturated/α-hetero) is 1. The van der Waals surface area contributed by atoms with Gasteiger partial charge >= 0.3 is 0 Å². The number of ketones is 1. The van der Waals surface area contributed by atoms with Gasteiger partial charge in [0.05, 0.1) is 11.7 Å². The number of hydrogen-bond donors (Lipinski definition) is 1. The number of rotatable bonds is 9. The Morgan fingerprint density at radius 3 is 2.61 bits per heavy atom. The van der Waals surface area contributed by atoms with Gasteiger partial charge in [-0.05, 0) is 69.8 Å². The average molecular weight is 569 g/mol. The van der Waals surface area contributed by atoms with Crippen molar-refractivity contribution in [3.05, 3.63) is 112 Å². The van der Waals surface area contributed by atoms with Crippen LogP contribution in [0.25, 0.3) is 11.8 Å². The molecule has 9 nitrogen and oxygen atoms in total. The summed E-state index contributed by atoms with van der Waals surface area (Å²) in [5, 5.41) is 14.7. The molecule has 1 aliphatic heterocycles. The molecule has 0 radical (unpaired) electrons. The summed E-state index contributed by atoms with van der Waals surface area (Å²) in [7, 11) is 0. The molecule has 5 rings (SSSR count). The van der Waals surface area contributed by atoms with Crippen LogP contribution in [0.5, 0.6) is 0 Å². The highest BCUT2D eigenvalue weighted by molar-refractivity contribution is 6.30. The van der Waals surface area contributed by atoms with Crippen LogP contribution in [0.1, 0.15) is 34.7 Å². The van der Waals surface area contributed by atoms with Crippen LogP contribution in [0.3, 0.4) is 0 Å². The molecule has 0 aliphatic carbocycles. The van der Waals surface area contributed by atoms with E-state index in [-0.39, 0.29) is 18.1 Å². The molecule has 41 heavy (non-hydrogen) atoms. The second-order valence-corrected chi connectivity index (χ2v) is 10.4. The molecule has 1 aliphatic rings. The summed E-state index contributed by atoms with van der Waals surface area (Å²) in [6.07, 6.45) is 5.76. The highest BCUT2D eigenvalue weighted by Crippen LogP contribution is 2.22. The fourth-order valence-electron chi connectivity index (χ4n) is 4.93. The maximum absolute atomic E-state index is 13.6. The van der Waals surface area contributed by atoms with Gasteiger partial charge in [-0.3, -0.25) is 14.4 Å². The molecule has 10 heteroatoms. The van der Waals surface area contributed by atoms with Crippen molar-refractivity contribution in [1.82, 2.24) is 30.4 Å². The SMILES string of the molecule is CC(=O)N1CCc2cc(CC(=O)[C@H](Cc3ccccc3)NC(=O)/C=C/c3cc(Cl)ccc3-n3cnnn3)ccc2C1. The van der Waals surface area contributed by atoms with Crippen LogP contribution in [0.15, 0.2) is 79.1 Å². The molecule has 0 unspecified atom stereocenters. The maximum Gasteiger partial charge on any atom is 0.244 e. The minimum Gasteiger partial charge on any atom is -0.342 e. The molecule has 3 aromatic carbocycles. The molecule has 1 atom stereocenters. The molecule has 4 aromatic rings. The Hall–Kier alpha value is -4.63. The van der Waals surface area contributed by atoms with Crippen LogP contribution >= 0.6 is 11.6 Å². The number of hydrogen-bond acceptors (Lipinski definition) is 6. The lowest BCUT2D eigenvalue weighted by Gasteiger charge is -2.28. The normalized spacial score (nSPS) is 13.6. The van der Waals surface area contributed by atoms with Crippen LogP contribution in [-0.4, -0.2) is 55.3 Å². The van der Waals surface area contributed by atoms with Gasteiger partial charge in [0.1, 0.15) is 6.33 Å². The zero-order valence-electron chi connectivity index (χ0n) is 22.5. The van der Waals surface area contributed by atoms with Crippen molar-refractivity contribution < 1.29 is 14.4 Å². The lowest BCUT2D eigenvalue weighted by Crippen LogP contribution is -2.42. The van der Waals surface area contributed by atoms with E-state index in [1.807, 2.05) is 53.4 Å². The number of aromatic nitrogens is 4. The Labute approximate surface area is 242 Å². The van der Waals surface area contributed by atoms with E-state index in [1.165, 1.54) is 17.1 Å². The Bertz CT molecular complexity index is 1590. The van der Waals surface area contributed by atoms with E-state index in [0.29, 0.717) is 35.8 Å². The summed E-state index contributed by atoms with van der Waals surface area (Å²) in [5.74, 6) is -0.434. The summed E-state index contributed by atoms with van der Waals surface area (Å²) in [4.78, 5) is 40.2. The number of nitrogens with zero attached hydrogens (tertiary/aromatic N) is 5. The Balaban J connectivity index is 1.32. The molecule has 1 aromatic heterocycles. The molecule has 2 heterocycles. The fraction of sp³-hybridized carbons (Fsp3) is 0.226. The number of carbonyl (C=O) groups is 3. The van der Waals surface area contributed by atoms with Gasteiger partial charge in [-0.1, -0.05) is 60.1 Å². The van der Waals surface area contributed by atoms with Crippen molar-refractivity contribution in [2.75, 3.05) is 6.54 Å². The summed E-state index contributed by atoms with van der Waals surface area (Å²) in [6.45, 7) is 2.83. The summed E-state index contributed by atoms with van der Waals surface area (Å²) in [5.41, 5.74) is 5.38. The van der Waals surface area contributed by atoms with Crippen molar-refractivity contribution >= 4 is 35.3 Å². The maximum atomic E-state index is 13.6. The summed E-state index contributed by atoms with van der Waals surface area (Å²) >= 11 is 6.19. The molecule has 0 spiro atoms. The minimum atomic E-state index is -0.725. The van der Waals surface area contributed by atoms with Crippen molar-refractivity contribution in [1.29, 1.82) is 0 Å². The highest BCUT2D eigenvalue weighted by atomic mass is 35.5. The van der Waals surface area contributed by atoms with E-state index >= 15 is 0 Å². The third-order valence-corrected chi connectivity index (χ3v) is 7.33. The van der Waals surface area contributed by atoms with E-state index in [9.17, 15) is 14.4 Å². The number of nitrogens with one attached hydrogen (secondary N) is 1. The van der Waals surface area contributed by atoms with Gasteiger partial charge in [0.2, 0.25) is 11.8 Å². The molecular weight excluding hydrogens is 540 g/mol. The van der Waals surface area contributed by atoms with Crippen molar-refractivity contribution in [3.63, 3.8) is 0 Å².